The third-order valence-electron chi connectivity index (χ3n) is 3.94. The zero-order valence-corrected chi connectivity index (χ0v) is 13.5. The fourth-order valence-electron chi connectivity index (χ4n) is 2.69. The van der Waals surface area contributed by atoms with Gasteiger partial charge in [0.25, 0.3) is 0 Å². The summed E-state index contributed by atoms with van der Waals surface area (Å²) in [6.07, 6.45) is 3.03. The van der Waals surface area contributed by atoms with Crippen LogP contribution in [-0.4, -0.2) is 47.6 Å². The quantitative estimate of drug-likeness (QED) is 0.782. The molecule has 0 aliphatic carbocycles. The van der Waals surface area contributed by atoms with Gasteiger partial charge in [-0.25, -0.2) is 4.39 Å². The topological polar surface area (TPSA) is 68.2 Å². The Balaban J connectivity index is 1.46. The second-order valence-corrected chi connectivity index (χ2v) is 5.86. The molecular formula is C17H21FN4O2. The predicted molar refractivity (Wildman–Crippen MR) is 88.5 cm³/mol. The molecule has 3 rings (SSSR count). The zero-order valence-electron chi connectivity index (χ0n) is 13.5. The molecule has 1 aromatic heterocycles. The Bertz CT molecular complexity index is 703. The maximum atomic E-state index is 13.0. The molecule has 24 heavy (non-hydrogen) atoms. The molecule has 1 fully saturated rings. The number of aromatic nitrogens is 2. The van der Waals surface area contributed by atoms with E-state index < -0.39 is 12.2 Å². The smallest absolute Gasteiger partial charge is 0.237 e. The molecule has 0 saturated carbocycles. The molecule has 0 radical (unpaired) electrons. The van der Waals surface area contributed by atoms with Gasteiger partial charge in [0.1, 0.15) is 18.5 Å². The van der Waals surface area contributed by atoms with Gasteiger partial charge < -0.3 is 15.4 Å². The van der Waals surface area contributed by atoms with Crippen molar-refractivity contribution in [3.63, 3.8) is 0 Å². The molecule has 2 N–H and O–H groups in total. The van der Waals surface area contributed by atoms with Crippen LogP contribution in [0.15, 0.2) is 36.7 Å². The van der Waals surface area contributed by atoms with Crippen LogP contribution in [0.5, 0.6) is 5.75 Å². The Hall–Kier alpha value is -2.41. The van der Waals surface area contributed by atoms with Gasteiger partial charge in [-0.1, -0.05) is 12.1 Å². The van der Waals surface area contributed by atoms with Gasteiger partial charge in [0.05, 0.1) is 18.8 Å². The third kappa shape index (κ3) is 4.11. The minimum atomic E-state index is -0.938. The number of hydrogen-bond acceptors (Lipinski definition) is 4. The van der Waals surface area contributed by atoms with Gasteiger partial charge in [0.15, 0.2) is 0 Å². The van der Waals surface area contributed by atoms with E-state index in [4.69, 9.17) is 4.74 Å². The Morgan fingerprint density at radius 1 is 1.50 bits per heavy atom. The number of carbonyl (C=O) groups excluding carboxylic acids is 1. The van der Waals surface area contributed by atoms with Crippen LogP contribution in [0.25, 0.3) is 11.1 Å². The van der Waals surface area contributed by atoms with Crippen LogP contribution >= 0.6 is 0 Å². The van der Waals surface area contributed by atoms with Crippen LogP contribution < -0.4 is 15.4 Å². The van der Waals surface area contributed by atoms with Crippen LogP contribution in [0, 0.1) is 0 Å². The van der Waals surface area contributed by atoms with E-state index in [1.807, 2.05) is 37.5 Å². The van der Waals surface area contributed by atoms with E-state index in [9.17, 15) is 9.18 Å². The fourth-order valence-corrected chi connectivity index (χ4v) is 2.69. The summed E-state index contributed by atoms with van der Waals surface area (Å²) in [5, 5.41) is 9.77. The summed E-state index contributed by atoms with van der Waals surface area (Å²) in [5.74, 6) is 0.552. The summed E-state index contributed by atoms with van der Waals surface area (Å²) in [4.78, 5) is 11.8. The minimum Gasteiger partial charge on any atom is -0.492 e. The van der Waals surface area contributed by atoms with Crippen LogP contribution in [0.2, 0.25) is 0 Å². The number of halogens is 1. The summed E-state index contributed by atoms with van der Waals surface area (Å²) < 4.78 is 20.5. The average molecular weight is 332 g/mol. The number of benzene rings is 1. The molecule has 1 amide bonds. The summed E-state index contributed by atoms with van der Waals surface area (Å²) in [6.45, 7) is 0.981. The molecule has 1 aromatic carbocycles. The van der Waals surface area contributed by atoms with Crippen LogP contribution in [0.3, 0.4) is 0 Å². The Morgan fingerprint density at radius 3 is 3.08 bits per heavy atom. The maximum absolute atomic E-state index is 13.0. The van der Waals surface area contributed by atoms with E-state index in [0.717, 1.165) is 16.9 Å². The number of amides is 1. The van der Waals surface area contributed by atoms with Crippen molar-refractivity contribution >= 4 is 5.91 Å². The number of aryl methyl sites for hydroxylation is 1. The minimum absolute atomic E-state index is 0.178. The molecule has 0 bridgehead atoms. The molecule has 128 valence electrons. The zero-order chi connectivity index (χ0) is 16.9. The van der Waals surface area contributed by atoms with E-state index in [0.29, 0.717) is 13.2 Å². The lowest BCUT2D eigenvalue weighted by Gasteiger charge is -2.12. The highest BCUT2D eigenvalue weighted by atomic mass is 19.1. The fraction of sp³-hybridized carbons (Fsp3) is 0.412. The number of nitrogens with one attached hydrogen (secondary N) is 2. The van der Waals surface area contributed by atoms with E-state index >= 15 is 0 Å². The summed E-state index contributed by atoms with van der Waals surface area (Å²) >= 11 is 0. The molecule has 2 atom stereocenters. The molecule has 1 aliphatic heterocycles. The summed E-state index contributed by atoms with van der Waals surface area (Å²) in [7, 11) is 1.87. The largest absolute Gasteiger partial charge is 0.492 e. The summed E-state index contributed by atoms with van der Waals surface area (Å²) in [6, 6.07) is 7.28. The lowest BCUT2D eigenvalue weighted by Crippen LogP contribution is -2.41. The molecule has 7 heteroatoms. The van der Waals surface area contributed by atoms with Crippen LogP contribution in [0.1, 0.15) is 6.42 Å². The van der Waals surface area contributed by atoms with E-state index in [1.54, 1.807) is 10.9 Å². The van der Waals surface area contributed by atoms with Gasteiger partial charge in [-0.3, -0.25) is 9.48 Å². The van der Waals surface area contributed by atoms with Gasteiger partial charge in [-0.05, 0) is 17.7 Å². The van der Waals surface area contributed by atoms with Crippen molar-refractivity contribution in [2.24, 2.45) is 7.05 Å². The average Bonchev–Trinajstić information content (AvgIpc) is 3.20. The first kappa shape index (κ1) is 16.4. The number of rotatable bonds is 6. The molecule has 2 aromatic rings. The van der Waals surface area contributed by atoms with Crippen LogP contribution in [0.4, 0.5) is 4.39 Å². The lowest BCUT2D eigenvalue weighted by atomic mass is 10.1. The first-order chi connectivity index (χ1) is 11.6. The monoisotopic (exact) mass is 332 g/mol. The molecule has 6 nitrogen and oxygen atoms in total. The lowest BCUT2D eigenvalue weighted by molar-refractivity contribution is -0.122. The van der Waals surface area contributed by atoms with Crippen molar-refractivity contribution in [3.05, 3.63) is 36.7 Å². The summed E-state index contributed by atoms with van der Waals surface area (Å²) in [5.41, 5.74) is 2.04. The highest BCUT2D eigenvalue weighted by Gasteiger charge is 2.28. The molecule has 1 aliphatic rings. The van der Waals surface area contributed by atoms with Crippen LogP contribution in [-0.2, 0) is 11.8 Å². The van der Waals surface area contributed by atoms with Gasteiger partial charge in [-0.2, -0.15) is 5.10 Å². The number of alkyl halides is 1. The Morgan fingerprint density at radius 2 is 2.38 bits per heavy atom. The number of nitrogens with zero attached hydrogens (tertiary/aromatic N) is 2. The molecule has 0 unspecified atom stereocenters. The Kier molecular flexibility index (Phi) is 5.10. The van der Waals surface area contributed by atoms with E-state index in [1.165, 1.54) is 0 Å². The maximum Gasteiger partial charge on any atom is 0.237 e. The first-order valence-electron chi connectivity index (χ1n) is 7.99. The van der Waals surface area contributed by atoms with Crippen molar-refractivity contribution in [2.45, 2.75) is 18.6 Å². The van der Waals surface area contributed by atoms with E-state index in [2.05, 4.69) is 15.7 Å². The first-order valence-corrected chi connectivity index (χ1v) is 7.99. The normalized spacial score (nSPS) is 20.1. The standard InChI is InChI=1S/C17H21FN4O2/c1-22-11-13(9-21-22)12-3-2-4-15(7-12)24-6-5-19-17(23)16-8-14(18)10-20-16/h2-4,7,9,11,14,16,20H,5-6,8,10H2,1H3,(H,19,23)/t14-,16-/m0/s1. The Labute approximate surface area is 140 Å². The molecule has 1 saturated heterocycles. The van der Waals surface area contributed by atoms with Gasteiger partial charge in [-0.15, -0.1) is 0 Å². The second kappa shape index (κ2) is 7.44. The van der Waals surface area contributed by atoms with Gasteiger partial charge >= 0.3 is 0 Å². The highest BCUT2D eigenvalue weighted by Crippen LogP contribution is 2.23. The SMILES string of the molecule is Cn1cc(-c2cccc(OCCNC(=O)[C@@H]3C[C@H](F)CN3)c2)cn1. The second-order valence-electron chi connectivity index (χ2n) is 5.86. The van der Waals surface area contributed by atoms with Crippen molar-refractivity contribution in [1.29, 1.82) is 0 Å². The van der Waals surface area contributed by atoms with Gasteiger partial charge in [0.2, 0.25) is 5.91 Å². The highest BCUT2D eigenvalue weighted by molar-refractivity contribution is 5.82. The van der Waals surface area contributed by atoms with E-state index in [-0.39, 0.29) is 18.9 Å². The van der Waals surface area contributed by atoms with Gasteiger partial charge in [0, 0.05) is 31.8 Å². The number of hydrogen-bond donors (Lipinski definition) is 2. The predicted octanol–water partition coefficient (Wildman–Crippen LogP) is 1.28. The number of ether oxygens (including phenoxy) is 1. The molecule has 0 spiro atoms. The number of carbonyl (C=O) groups is 1. The molecule has 2 heterocycles. The van der Waals surface area contributed by atoms with Crippen molar-refractivity contribution in [2.75, 3.05) is 19.7 Å². The third-order valence-corrected chi connectivity index (χ3v) is 3.94. The van der Waals surface area contributed by atoms with Crippen molar-refractivity contribution < 1.29 is 13.9 Å². The van der Waals surface area contributed by atoms with Crippen molar-refractivity contribution in [3.8, 4) is 16.9 Å². The van der Waals surface area contributed by atoms with Crippen molar-refractivity contribution in [1.82, 2.24) is 20.4 Å². The molecular weight excluding hydrogens is 311 g/mol.